The lowest BCUT2D eigenvalue weighted by Gasteiger charge is -2.38. The van der Waals surface area contributed by atoms with Crippen molar-refractivity contribution in [2.24, 2.45) is 29.2 Å². The summed E-state index contributed by atoms with van der Waals surface area (Å²) >= 11 is 0. The number of aliphatic hydroxyl groups excluding tert-OH is 3. The van der Waals surface area contributed by atoms with E-state index in [2.05, 4.69) is 57.6 Å². The number of amides is 2. The number of hydrogen-bond acceptors (Lipinski definition) is 24. The summed E-state index contributed by atoms with van der Waals surface area (Å²) in [5.74, 6) is 1.86. The van der Waals surface area contributed by atoms with Crippen LogP contribution >= 0.6 is 0 Å². The molecule has 0 unspecified atom stereocenters. The van der Waals surface area contributed by atoms with Crippen molar-refractivity contribution in [1.29, 1.82) is 0 Å². The Morgan fingerprint density at radius 3 is 0.917 bits per heavy atom. The second kappa shape index (κ2) is 26.5. The minimum Gasteiger partial charge on any atom is -0.478 e. The molecule has 12 rings (SSSR count). The largest absolute Gasteiger partial charge is 0.478 e. The number of aryl methyl sites for hydroxylation is 3. The molecule has 0 saturated heterocycles. The highest BCUT2D eigenvalue weighted by Gasteiger charge is 2.39. The van der Waals surface area contributed by atoms with Crippen LogP contribution < -0.4 is 26.2 Å². The lowest BCUT2D eigenvalue weighted by atomic mass is 10.00. The Morgan fingerprint density at radius 1 is 0.448 bits per heavy atom. The topological polar surface area (TPSA) is 427 Å². The van der Waals surface area contributed by atoms with E-state index in [-0.39, 0.29) is 80.5 Å². The predicted octanol–water partition coefficient (Wildman–Crippen LogP) is 4.64. The summed E-state index contributed by atoms with van der Waals surface area (Å²) in [6, 6.07) is 9.14. The summed E-state index contributed by atoms with van der Waals surface area (Å²) in [6.07, 6.45) is 7.60. The van der Waals surface area contributed by atoms with Gasteiger partial charge in [-0.1, -0.05) is 41.5 Å². The fraction of sp³-hybridized carbons (Fsp3) is 0.429. The molecule has 0 spiro atoms. The zero-order chi connectivity index (χ0) is 70.1. The number of aromatic nitrogens is 12. The van der Waals surface area contributed by atoms with E-state index in [1.807, 2.05) is 42.2 Å². The molecule has 0 radical (unpaired) electrons. The zero-order valence-corrected chi connectivity index (χ0v) is 57.5. The average molecular weight is 1380 g/mol. The Balaban J connectivity index is 0.000000157. The van der Waals surface area contributed by atoms with Gasteiger partial charge in [-0.15, -0.1) is 0 Å². The van der Waals surface area contributed by atoms with Crippen molar-refractivity contribution >= 4 is 98.2 Å². The number of sulfone groups is 3. The lowest BCUT2D eigenvalue weighted by molar-refractivity contribution is 0.0694. The second-order valence-corrected chi connectivity index (χ2v) is 31.1. The van der Waals surface area contributed by atoms with Gasteiger partial charge in [0.05, 0.1) is 120 Å². The highest BCUT2D eigenvalue weighted by molar-refractivity contribution is 7.91. The summed E-state index contributed by atoms with van der Waals surface area (Å²) in [4.78, 5) is 81.8. The average Bonchev–Trinajstić information content (AvgIpc) is 1.59. The van der Waals surface area contributed by atoms with Crippen molar-refractivity contribution in [3.05, 3.63) is 123 Å². The molecule has 2 amide bonds. The van der Waals surface area contributed by atoms with Gasteiger partial charge >= 0.3 is 5.97 Å². The smallest absolute Gasteiger partial charge is 0.339 e. The predicted molar refractivity (Wildman–Crippen MR) is 355 cm³/mol. The number of fused-ring (bicyclic) bond motifs is 9. The number of hydrogen-bond donors (Lipinski definition) is 6. The molecular weight excluding hydrogens is 1300 g/mol. The highest BCUT2D eigenvalue weighted by atomic mass is 32.2. The fourth-order valence-corrected chi connectivity index (χ4v) is 15.8. The number of nitrogens with two attached hydrogens (primary N) is 2. The van der Waals surface area contributed by atoms with Crippen LogP contribution in [0.2, 0.25) is 0 Å². The molecule has 0 fully saturated rings. The maximum atomic E-state index is 12.3. The summed E-state index contributed by atoms with van der Waals surface area (Å²) in [5.41, 5.74) is 17.8. The number of carbonyl (C=O) groups is 3. The number of rotatable bonds is 15. The normalized spacial score (nSPS) is 16.6. The zero-order valence-electron chi connectivity index (χ0n) is 55.1. The van der Waals surface area contributed by atoms with Gasteiger partial charge in [0.15, 0.2) is 29.5 Å². The van der Waals surface area contributed by atoms with Crippen LogP contribution in [-0.4, -0.2) is 160 Å². The molecule has 0 aliphatic carbocycles. The van der Waals surface area contributed by atoms with Crippen LogP contribution in [0.4, 0.5) is 17.8 Å². The van der Waals surface area contributed by atoms with E-state index in [4.69, 9.17) is 26.4 Å². The molecule has 6 aromatic heterocycles. The van der Waals surface area contributed by atoms with Crippen molar-refractivity contribution in [1.82, 2.24) is 58.6 Å². The molecule has 30 nitrogen and oxygen atoms in total. The minimum atomic E-state index is -3.52. The van der Waals surface area contributed by atoms with E-state index >= 15 is 0 Å². The van der Waals surface area contributed by atoms with Crippen molar-refractivity contribution in [2.75, 3.05) is 53.1 Å². The Bertz CT molecular complexity index is 4480. The third kappa shape index (κ3) is 13.2. The van der Waals surface area contributed by atoms with Crippen molar-refractivity contribution in [2.45, 2.75) is 135 Å². The van der Waals surface area contributed by atoms with Gasteiger partial charge in [-0.2, -0.15) is 0 Å². The molecule has 3 aliphatic rings. The number of carboxylic acid groups (broad SMARTS) is 1. The summed E-state index contributed by atoms with van der Waals surface area (Å²) in [6.45, 7) is 19.6. The van der Waals surface area contributed by atoms with Crippen molar-refractivity contribution in [3.63, 3.8) is 0 Å². The maximum Gasteiger partial charge on any atom is 0.339 e. The number of aromatic carboxylic acids is 1. The first-order valence-corrected chi connectivity index (χ1v) is 36.4. The van der Waals surface area contributed by atoms with Gasteiger partial charge in [0.25, 0.3) is 11.8 Å². The minimum absolute atomic E-state index is 0.0592. The maximum absolute atomic E-state index is 12.3. The molecule has 9 aromatic rings. The van der Waals surface area contributed by atoms with Crippen LogP contribution in [0.3, 0.4) is 0 Å². The van der Waals surface area contributed by atoms with Crippen LogP contribution in [0.1, 0.15) is 142 Å². The molecule has 96 heavy (non-hydrogen) atoms. The molecule has 0 bridgehead atoms. The van der Waals surface area contributed by atoms with E-state index in [0.29, 0.717) is 124 Å². The number of carboxylic acids is 1. The number of primary amides is 2. The van der Waals surface area contributed by atoms with E-state index in [9.17, 15) is 60.1 Å². The van der Waals surface area contributed by atoms with Gasteiger partial charge in [0.1, 0.15) is 17.5 Å². The first kappa shape index (κ1) is 69.7. The van der Waals surface area contributed by atoms with Gasteiger partial charge in [0, 0.05) is 76.6 Å². The number of carbonyl (C=O) groups excluding carboxylic acids is 2. The quantitative estimate of drug-likeness (QED) is 0.0814. The van der Waals surface area contributed by atoms with Crippen LogP contribution in [0, 0.1) is 38.5 Å². The SMILES string of the molecule is Cc1nc(N2CCn3c(nc4cc(CO)c(S(C)(=O)=O)cc43)[C@@H]2C(C)C)ncc1C(N)=O.Cc1nc(N2CCn3c(nc4cc(CO)c(S(C)(=O)=O)cc43)[C@H]2C(C)C)ncc1C(=O)O.Cc1nc(N2CCn3c(nc4cc(CO)c(S(C)(=O)=O)cc43)[C@H]2C(C)C)ncc1C(N)=O. The number of imidazole rings is 3. The standard InChI is InChI=1S/2C21H26N6O4S.C21H25N5O5S/c2*1-11(2)18-20-25-15-7-13(10-28)17(32(4,30)31)8-16(15)26(20)5-6-27(18)21-23-9-14(19(22)29)12(3)24-21;1-11(2)18-19-24-15-7-13(10-27)17(32(4,30)31)8-16(15)25(19)5-6-26(18)21-22-9-14(20(28)29)12(3)23-21/h2*7-9,11,18,28H,5-6,10H2,1-4H3,(H2,22,29);7-9,11,18,27H,5-6,10H2,1-4H3,(H,28,29)/t3*18-/m101/s1. The number of nitrogens with zero attached hydrogens (tertiary/aromatic N) is 15. The van der Waals surface area contributed by atoms with Crippen LogP contribution in [0.25, 0.3) is 33.1 Å². The van der Waals surface area contributed by atoms with Gasteiger partial charge in [0.2, 0.25) is 17.8 Å². The van der Waals surface area contributed by atoms with Gasteiger partial charge < -0.3 is 60.3 Å². The molecule has 3 aromatic carbocycles. The number of aliphatic hydroxyl groups is 3. The van der Waals surface area contributed by atoms with Gasteiger partial charge in [-0.05, 0) is 91.6 Å². The third-order valence-corrected chi connectivity index (χ3v) is 20.9. The van der Waals surface area contributed by atoms with E-state index in [0.717, 1.165) is 36.2 Å². The number of anilines is 3. The monoisotopic (exact) mass is 1380 g/mol. The molecule has 33 heteroatoms. The molecule has 510 valence electrons. The molecule has 0 saturated carbocycles. The lowest BCUT2D eigenvalue weighted by Crippen LogP contribution is -2.42. The Kier molecular flexibility index (Phi) is 19.2. The summed E-state index contributed by atoms with van der Waals surface area (Å²) in [5, 5.41) is 38.4. The van der Waals surface area contributed by atoms with Crippen LogP contribution in [0.15, 0.2) is 69.7 Å². The second-order valence-electron chi connectivity index (χ2n) is 25.2. The molecule has 8 N–H and O–H groups in total. The Hall–Kier alpha value is -9.15. The molecule has 3 atom stereocenters. The first-order chi connectivity index (χ1) is 45.1. The number of benzene rings is 3. The van der Waals surface area contributed by atoms with Gasteiger partial charge in [-0.25, -0.2) is 74.9 Å². The molecular formula is C63H77N17O13S3. The van der Waals surface area contributed by atoms with Crippen LogP contribution in [-0.2, 0) is 69.0 Å². The Labute approximate surface area is 553 Å². The van der Waals surface area contributed by atoms with E-state index in [1.165, 1.54) is 18.6 Å². The fourth-order valence-electron chi connectivity index (χ4n) is 13.0. The third-order valence-electron chi connectivity index (χ3n) is 17.4. The molecule has 9 heterocycles. The van der Waals surface area contributed by atoms with Crippen LogP contribution in [0.5, 0.6) is 0 Å². The van der Waals surface area contributed by atoms with Gasteiger partial charge in [-0.3, -0.25) is 9.59 Å². The van der Waals surface area contributed by atoms with Crippen molar-refractivity contribution < 1.29 is 60.1 Å². The highest BCUT2D eigenvalue weighted by Crippen LogP contribution is 2.41. The molecule has 3 aliphatic heterocycles. The summed E-state index contributed by atoms with van der Waals surface area (Å²) in [7, 11) is -10.5. The Morgan fingerprint density at radius 2 is 0.708 bits per heavy atom. The summed E-state index contributed by atoms with van der Waals surface area (Å²) < 4.78 is 79.6. The first-order valence-electron chi connectivity index (χ1n) is 30.7. The van der Waals surface area contributed by atoms with E-state index < -0.39 is 53.9 Å². The van der Waals surface area contributed by atoms with Crippen molar-refractivity contribution in [3.8, 4) is 0 Å². The van der Waals surface area contributed by atoms with E-state index in [1.54, 1.807) is 57.2 Å².